The predicted octanol–water partition coefficient (Wildman–Crippen LogP) is 2.37. The minimum atomic E-state index is 0.274. The van der Waals surface area contributed by atoms with Crippen molar-refractivity contribution in [1.82, 2.24) is 9.97 Å². The number of rotatable bonds is 3. The van der Waals surface area contributed by atoms with E-state index >= 15 is 0 Å². The highest BCUT2D eigenvalue weighted by Crippen LogP contribution is 2.30. The topological polar surface area (TPSA) is 61.0 Å². The quantitative estimate of drug-likeness (QED) is 0.867. The average Bonchev–Trinajstić information content (AvgIpc) is 2.54. The van der Waals surface area contributed by atoms with Crippen molar-refractivity contribution in [3.8, 4) is 5.88 Å². The molecule has 0 spiro atoms. The van der Waals surface area contributed by atoms with Crippen LogP contribution in [0.4, 0.5) is 5.95 Å². The summed E-state index contributed by atoms with van der Waals surface area (Å²) < 4.78 is 5.54. The number of hydrogen-bond acceptors (Lipinski definition) is 5. The van der Waals surface area contributed by atoms with Gasteiger partial charge >= 0.3 is 0 Å². The largest absolute Gasteiger partial charge is 0.477 e. The third-order valence-electron chi connectivity index (χ3n) is 1.94. The minimum Gasteiger partial charge on any atom is -0.477 e. The van der Waals surface area contributed by atoms with Gasteiger partial charge in [0, 0.05) is 4.88 Å². The summed E-state index contributed by atoms with van der Waals surface area (Å²) in [6.45, 7) is 4.74. The molecule has 2 N–H and O–H groups in total. The molecule has 0 unspecified atom stereocenters. The fourth-order valence-corrected chi connectivity index (χ4v) is 2.22. The van der Waals surface area contributed by atoms with Crippen LogP contribution in [0.25, 0.3) is 10.2 Å². The molecule has 2 aromatic heterocycles. The van der Waals surface area contributed by atoms with Crippen LogP contribution in [0.2, 0.25) is 0 Å². The lowest BCUT2D eigenvalue weighted by atomic mass is 10.3. The zero-order chi connectivity index (χ0) is 10.8. The summed E-state index contributed by atoms with van der Waals surface area (Å²) in [4.78, 5) is 10.4. The Kier molecular flexibility index (Phi) is 2.73. The molecule has 0 aliphatic heterocycles. The number of hydrogen-bond donors (Lipinski definition) is 1. The Bertz CT molecular complexity index is 481. The fourth-order valence-electron chi connectivity index (χ4n) is 1.34. The highest BCUT2D eigenvalue weighted by molar-refractivity contribution is 7.18. The van der Waals surface area contributed by atoms with Crippen molar-refractivity contribution >= 4 is 27.5 Å². The third kappa shape index (κ3) is 2.02. The van der Waals surface area contributed by atoms with E-state index in [4.69, 9.17) is 10.5 Å². The van der Waals surface area contributed by atoms with E-state index < -0.39 is 0 Å². The molecule has 0 aromatic carbocycles. The second-order valence-corrected chi connectivity index (χ2v) is 4.55. The van der Waals surface area contributed by atoms with E-state index in [1.54, 1.807) is 11.3 Å². The van der Waals surface area contributed by atoms with Crippen molar-refractivity contribution in [2.24, 2.45) is 0 Å². The number of nitrogen functional groups attached to an aromatic ring is 1. The van der Waals surface area contributed by atoms with Gasteiger partial charge in [-0.05, 0) is 19.4 Å². The fraction of sp³-hybridized carbons (Fsp3) is 0.400. The Morgan fingerprint density at radius 3 is 3.00 bits per heavy atom. The number of fused-ring (bicyclic) bond motifs is 1. The molecule has 0 saturated carbocycles. The molecule has 2 aromatic rings. The van der Waals surface area contributed by atoms with E-state index in [-0.39, 0.29) is 5.95 Å². The highest BCUT2D eigenvalue weighted by atomic mass is 32.1. The molecular weight excluding hydrogens is 210 g/mol. The number of nitrogens with two attached hydrogens (primary N) is 1. The lowest BCUT2D eigenvalue weighted by Gasteiger charge is -2.04. The van der Waals surface area contributed by atoms with Crippen LogP contribution in [0.5, 0.6) is 5.88 Å². The highest BCUT2D eigenvalue weighted by Gasteiger charge is 2.09. The second-order valence-electron chi connectivity index (χ2n) is 3.31. The Morgan fingerprint density at radius 2 is 2.27 bits per heavy atom. The molecule has 0 aliphatic carbocycles. The number of thiophene rings is 1. The van der Waals surface area contributed by atoms with Gasteiger partial charge in [-0.15, -0.1) is 11.3 Å². The number of aryl methyl sites for hydroxylation is 1. The van der Waals surface area contributed by atoms with Crippen LogP contribution in [0.3, 0.4) is 0 Å². The molecule has 0 bridgehead atoms. The minimum absolute atomic E-state index is 0.274. The van der Waals surface area contributed by atoms with Crippen molar-refractivity contribution in [3.05, 3.63) is 10.9 Å². The van der Waals surface area contributed by atoms with E-state index in [1.807, 2.05) is 13.0 Å². The summed E-state index contributed by atoms with van der Waals surface area (Å²) in [6.07, 6.45) is 0.953. The van der Waals surface area contributed by atoms with Gasteiger partial charge in [-0.1, -0.05) is 6.92 Å². The molecule has 0 aliphatic rings. The predicted molar refractivity (Wildman–Crippen MR) is 62.4 cm³/mol. The van der Waals surface area contributed by atoms with Crippen LogP contribution in [0, 0.1) is 6.92 Å². The van der Waals surface area contributed by atoms with Crippen LogP contribution in [-0.4, -0.2) is 16.6 Å². The standard InChI is InChI=1S/C10H13N3OS/c1-3-4-14-8-7-5-6(2)15-9(7)13-10(11)12-8/h5H,3-4H2,1-2H3,(H2,11,12,13). The molecule has 0 amide bonds. The average molecular weight is 223 g/mol. The molecule has 0 fully saturated rings. The van der Waals surface area contributed by atoms with Crippen LogP contribution >= 0.6 is 11.3 Å². The van der Waals surface area contributed by atoms with Gasteiger partial charge in [0.15, 0.2) is 0 Å². The van der Waals surface area contributed by atoms with Crippen LogP contribution in [0.15, 0.2) is 6.07 Å². The molecule has 80 valence electrons. The van der Waals surface area contributed by atoms with E-state index in [2.05, 4.69) is 16.9 Å². The number of anilines is 1. The molecule has 2 rings (SSSR count). The van der Waals surface area contributed by atoms with Gasteiger partial charge in [0.25, 0.3) is 0 Å². The normalized spacial score (nSPS) is 10.8. The van der Waals surface area contributed by atoms with Crippen molar-refractivity contribution in [3.63, 3.8) is 0 Å². The summed E-state index contributed by atoms with van der Waals surface area (Å²) >= 11 is 1.60. The Balaban J connectivity index is 2.50. The molecule has 0 saturated heterocycles. The van der Waals surface area contributed by atoms with Crippen molar-refractivity contribution < 1.29 is 4.74 Å². The molecule has 5 heteroatoms. The van der Waals surface area contributed by atoms with E-state index in [0.717, 1.165) is 16.6 Å². The van der Waals surface area contributed by atoms with Gasteiger partial charge in [0.05, 0.1) is 12.0 Å². The number of nitrogens with zero attached hydrogens (tertiary/aromatic N) is 2. The lowest BCUT2D eigenvalue weighted by molar-refractivity contribution is 0.309. The summed E-state index contributed by atoms with van der Waals surface area (Å²) in [6, 6.07) is 2.03. The van der Waals surface area contributed by atoms with Gasteiger partial charge in [0.1, 0.15) is 4.83 Å². The first-order valence-corrected chi connectivity index (χ1v) is 5.69. The Morgan fingerprint density at radius 1 is 1.47 bits per heavy atom. The summed E-state index contributed by atoms with van der Waals surface area (Å²) in [7, 11) is 0. The van der Waals surface area contributed by atoms with Gasteiger partial charge < -0.3 is 10.5 Å². The number of ether oxygens (including phenoxy) is 1. The maximum Gasteiger partial charge on any atom is 0.227 e. The van der Waals surface area contributed by atoms with Crippen molar-refractivity contribution in [1.29, 1.82) is 0 Å². The first-order valence-electron chi connectivity index (χ1n) is 4.87. The first kappa shape index (κ1) is 10.2. The first-order chi connectivity index (χ1) is 7.20. The van der Waals surface area contributed by atoms with Crippen molar-refractivity contribution in [2.75, 3.05) is 12.3 Å². The van der Waals surface area contributed by atoms with Crippen LogP contribution < -0.4 is 10.5 Å². The number of aromatic nitrogens is 2. The van der Waals surface area contributed by atoms with Crippen LogP contribution in [-0.2, 0) is 0 Å². The molecule has 0 atom stereocenters. The van der Waals surface area contributed by atoms with Crippen molar-refractivity contribution in [2.45, 2.75) is 20.3 Å². The summed E-state index contributed by atoms with van der Waals surface area (Å²) in [5.41, 5.74) is 5.61. The van der Waals surface area contributed by atoms with E-state index in [9.17, 15) is 0 Å². The zero-order valence-corrected chi connectivity index (χ0v) is 9.60. The lowest BCUT2D eigenvalue weighted by Crippen LogP contribution is -2.01. The molecule has 4 nitrogen and oxygen atoms in total. The van der Waals surface area contributed by atoms with Gasteiger partial charge in [0.2, 0.25) is 11.8 Å². The smallest absolute Gasteiger partial charge is 0.227 e. The summed E-state index contributed by atoms with van der Waals surface area (Å²) in [5, 5.41) is 0.958. The van der Waals surface area contributed by atoms with Gasteiger partial charge in [-0.3, -0.25) is 0 Å². The van der Waals surface area contributed by atoms with Gasteiger partial charge in [-0.25, -0.2) is 4.98 Å². The van der Waals surface area contributed by atoms with E-state index in [0.29, 0.717) is 12.5 Å². The zero-order valence-electron chi connectivity index (χ0n) is 8.78. The molecule has 0 radical (unpaired) electrons. The summed E-state index contributed by atoms with van der Waals surface area (Å²) in [5.74, 6) is 0.874. The molecule has 2 heterocycles. The monoisotopic (exact) mass is 223 g/mol. The Hall–Kier alpha value is -1.36. The molecular formula is C10H13N3OS. The van der Waals surface area contributed by atoms with Gasteiger partial charge in [-0.2, -0.15) is 4.98 Å². The Labute approximate surface area is 92.1 Å². The SMILES string of the molecule is CCCOc1nc(N)nc2sc(C)cc12. The maximum absolute atomic E-state index is 5.61. The third-order valence-corrected chi connectivity index (χ3v) is 2.89. The maximum atomic E-state index is 5.61. The second kappa shape index (κ2) is 4.02. The molecule has 15 heavy (non-hydrogen) atoms. The van der Waals surface area contributed by atoms with E-state index in [1.165, 1.54) is 4.88 Å². The van der Waals surface area contributed by atoms with Crippen LogP contribution in [0.1, 0.15) is 18.2 Å².